The Morgan fingerprint density at radius 1 is 1.69 bits per heavy atom. The summed E-state index contributed by atoms with van der Waals surface area (Å²) in [7, 11) is 0. The van der Waals surface area contributed by atoms with Crippen LogP contribution in [0.25, 0.3) is 0 Å². The SMILES string of the molecule is CC(N)C(=O)NCCCOCc1ccco1. The Morgan fingerprint density at radius 2 is 2.50 bits per heavy atom. The maximum atomic E-state index is 11.1. The van der Waals surface area contributed by atoms with Crippen molar-refractivity contribution in [3.8, 4) is 0 Å². The Bertz CT molecular complexity index is 296. The average Bonchev–Trinajstić information content (AvgIpc) is 2.75. The molecule has 1 unspecified atom stereocenters. The highest BCUT2D eigenvalue weighted by Gasteiger charge is 2.04. The molecule has 1 heterocycles. The molecule has 90 valence electrons. The summed E-state index contributed by atoms with van der Waals surface area (Å²) in [5.41, 5.74) is 5.39. The van der Waals surface area contributed by atoms with Crippen molar-refractivity contribution in [1.82, 2.24) is 5.32 Å². The zero-order valence-corrected chi connectivity index (χ0v) is 9.44. The molecule has 0 aliphatic rings. The number of furan rings is 1. The van der Waals surface area contributed by atoms with Crippen LogP contribution in [0.15, 0.2) is 22.8 Å². The third kappa shape index (κ3) is 4.95. The predicted molar refractivity (Wildman–Crippen MR) is 59.6 cm³/mol. The van der Waals surface area contributed by atoms with Crippen molar-refractivity contribution in [3.05, 3.63) is 24.2 Å². The van der Waals surface area contributed by atoms with E-state index in [1.807, 2.05) is 12.1 Å². The molecule has 5 nitrogen and oxygen atoms in total. The number of amides is 1. The summed E-state index contributed by atoms with van der Waals surface area (Å²) in [5, 5.41) is 2.71. The lowest BCUT2D eigenvalue weighted by molar-refractivity contribution is -0.122. The van der Waals surface area contributed by atoms with E-state index < -0.39 is 6.04 Å². The van der Waals surface area contributed by atoms with Crippen molar-refractivity contribution >= 4 is 5.91 Å². The smallest absolute Gasteiger partial charge is 0.236 e. The van der Waals surface area contributed by atoms with Gasteiger partial charge in [-0.1, -0.05) is 0 Å². The summed E-state index contributed by atoms with van der Waals surface area (Å²) >= 11 is 0. The van der Waals surface area contributed by atoms with Crippen LogP contribution in [-0.2, 0) is 16.1 Å². The molecule has 1 rings (SSSR count). The summed E-state index contributed by atoms with van der Waals surface area (Å²) in [4.78, 5) is 11.1. The topological polar surface area (TPSA) is 77.5 Å². The molecule has 0 spiro atoms. The molecule has 0 radical (unpaired) electrons. The Labute approximate surface area is 94.9 Å². The summed E-state index contributed by atoms with van der Waals surface area (Å²) in [6, 6.07) is 3.23. The molecule has 0 saturated carbocycles. The highest BCUT2D eigenvalue weighted by molar-refractivity contribution is 5.80. The van der Waals surface area contributed by atoms with Crippen LogP contribution >= 0.6 is 0 Å². The van der Waals surface area contributed by atoms with Gasteiger partial charge in [0.05, 0.1) is 12.3 Å². The van der Waals surface area contributed by atoms with Crippen molar-refractivity contribution < 1.29 is 13.9 Å². The second-order valence-corrected chi connectivity index (χ2v) is 3.57. The standard InChI is InChI=1S/C11H18N2O3/c1-9(12)11(14)13-5-3-6-15-8-10-4-2-7-16-10/h2,4,7,9H,3,5-6,8,12H2,1H3,(H,13,14). The van der Waals surface area contributed by atoms with E-state index in [9.17, 15) is 4.79 Å². The fourth-order valence-corrected chi connectivity index (χ4v) is 1.11. The predicted octanol–water partition coefficient (Wildman–Crippen LogP) is 0.650. The summed E-state index contributed by atoms with van der Waals surface area (Å²) in [6.45, 7) is 3.29. The van der Waals surface area contributed by atoms with Crippen LogP contribution in [0, 0.1) is 0 Å². The molecule has 5 heteroatoms. The zero-order valence-electron chi connectivity index (χ0n) is 9.44. The molecule has 1 aromatic rings. The normalized spacial score (nSPS) is 12.4. The van der Waals surface area contributed by atoms with E-state index in [-0.39, 0.29) is 5.91 Å². The quantitative estimate of drug-likeness (QED) is 0.669. The van der Waals surface area contributed by atoms with Crippen molar-refractivity contribution in [3.63, 3.8) is 0 Å². The third-order valence-electron chi connectivity index (χ3n) is 2.00. The summed E-state index contributed by atoms with van der Waals surface area (Å²) < 4.78 is 10.4. The molecule has 1 amide bonds. The molecule has 1 atom stereocenters. The Hall–Kier alpha value is -1.33. The number of rotatable bonds is 7. The molecule has 0 aliphatic carbocycles. The van der Waals surface area contributed by atoms with E-state index >= 15 is 0 Å². The lowest BCUT2D eigenvalue weighted by Crippen LogP contribution is -2.38. The van der Waals surface area contributed by atoms with Crippen LogP contribution in [0.2, 0.25) is 0 Å². The number of carbonyl (C=O) groups excluding carboxylic acids is 1. The van der Waals surface area contributed by atoms with Gasteiger partial charge < -0.3 is 20.2 Å². The first-order valence-corrected chi connectivity index (χ1v) is 5.33. The van der Waals surface area contributed by atoms with E-state index in [1.54, 1.807) is 13.2 Å². The van der Waals surface area contributed by atoms with Crippen LogP contribution in [0.1, 0.15) is 19.1 Å². The molecule has 3 N–H and O–H groups in total. The van der Waals surface area contributed by atoms with Crippen LogP contribution < -0.4 is 11.1 Å². The molecular weight excluding hydrogens is 208 g/mol. The number of carbonyl (C=O) groups is 1. The minimum atomic E-state index is -0.455. The van der Waals surface area contributed by atoms with Crippen molar-refractivity contribution in [2.45, 2.75) is 26.0 Å². The minimum absolute atomic E-state index is 0.133. The fourth-order valence-electron chi connectivity index (χ4n) is 1.11. The van der Waals surface area contributed by atoms with E-state index in [1.165, 1.54) is 0 Å². The fraction of sp³-hybridized carbons (Fsp3) is 0.545. The number of nitrogens with two attached hydrogens (primary N) is 1. The number of hydrogen-bond acceptors (Lipinski definition) is 4. The molecule has 16 heavy (non-hydrogen) atoms. The van der Waals surface area contributed by atoms with Gasteiger partial charge in [0.25, 0.3) is 0 Å². The van der Waals surface area contributed by atoms with Crippen molar-refractivity contribution in [1.29, 1.82) is 0 Å². The van der Waals surface area contributed by atoms with Gasteiger partial charge in [-0.3, -0.25) is 4.79 Å². The van der Waals surface area contributed by atoms with E-state index in [0.717, 1.165) is 12.2 Å². The molecule has 0 aliphatic heterocycles. The van der Waals surface area contributed by atoms with Gasteiger partial charge in [-0.2, -0.15) is 0 Å². The second-order valence-electron chi connectivity index (χ2n) is 3.57. The molecule has 0 bridgehead atoms. The summed E-state index contributed by atoms with van der Waals surface area (Å²) in [5.74, 6) is 0.672. The van der Waals surface area contributed by atoms with E-state index in [4.69, 9.17) is 14.9 Å². The maximum Gasteiger partial charge on any atom is 0.236 e. The van der Waals surface area contributed by atoms with Gasteiger partial charge >= 0.3 is 0 Å². The van der Waals surface area contributed by atoms with Gasteiger partial charge in [-0.25, -0.2) is 0 Å². The van der Waals surface area contributed by atoms with E-state index in [2.05, 4.69) is 5.32 Å². The van der Waals surface area contributed by atoms with Gasteiger partial charge in [0.1, 0.15) is 12.4 Å². The molecule has 0 fully saturated rings. The Morgan fingerprint density at radius 3 is 3.12 bits per heavy atom. The molecule has 1 aromatic heterocycles. The Kier molecular flexibility index (Phi) is 5.60. The largest absolute Gasteiger partial charge is 0.467 e. The van der Waals surface area contributed by atoms with Crippen LogP contribution in [0.3, 0.4) is 0 Å². The first-order valence-electron chi connectivity index (χ1n) is 5.33. The van der Waals surface area contributed by atoms with Crippen LogP contribution in [-0.4, -0.2) is 25.1 Å². The monoisotopic (exact) mass is 226 g/mol. The highest BCUT2D eigenvalue weighted by atomic mass is 16.5. The lowest BCUT2D eigenvalue weighted by atomic mass is 10.3. The number of nitrogens with one attached hydrogen (secondary N) is 1. The van der Waals surface area contributed by atoms with Crippen molar-refractivity contribution in [2.75, 3.05) is 13.2 Å². The Balaban J connectivity index is 1.94. The minimum Gasteiger partial charge on any atom is -0.467 e. The first-order chi connectivity index (χ1) is 7.70. The molecular formula is C11H18N2O3. The third-order valence-corrected chi connectivity index (χ3v) is 2.00. The van der Waals surface area contributed by atoms with Gasteiger partial charge in [0.15, 0.2) is 0 Å². The van der Waals surface area contributed by atoms with Gasteiger partial charge in [0.2, 0.25) is 5.91 Å². The maximum absolute atomic E-state index is 11.1. The molecule has 0 aromatic carbocycles. The molecule has 0 saturated heterocycles. The van der Waals surface area contributed by atoms with Crippen LogP contribution in [0.4, 0.5) is 0 Å². The number of hydrogen-bond donors (Lipinski definition) is 2. The number of ether oxygens (including phenoxy) is 1. The van der Waals surface area contributed by atoms with Crippen molar-refractivity contribution in [2.24, 2.45) is 5.73 Å². The highest BCUT2D eigenvalue weighted by Crippen LogP contribution is 2.01. The first kappa shape index (κ1) is 12.7. The van der Waals surface area contributed by atoms with E-state index in [0.29, 0.717) is 19.8 Å². The van der Waals surface area contributed by atoms with Gasteiger partial charge in [-0.15, -0.1) is 0 Å². The van der Waals surface area contributed by atoms with Gasteiger partial charge in [0, 0.05) is 13.2 Å². The zero-order chi connectivity index (χ0) is 11.8. The van der Waals surface area contributed by atoms with Crippen LogP contribution in [0.5, 0.6) is 0 Å². The average molecular weight is 226 g/mol. The lowest BCUT2D eigenvalue weighted by Gasteiger charge is -2.07. The second kappa shape index (κ2) is 7.03. The van der Waals surface area contributed by atoms with Gasteiger partial charge in [-0.05, 0) is 25.5 Å². The summed E-state index contributed by atoms with van der Waals surface area (Å²) in [6.07, 6.45) is 2.38.